The van der Waals surface area contributed by atoms with Gasteiger partial charge in [-0.05, 0) is 70.6 Å². The molecule has 0 saturated carbocycles. The van der Waals surface area contributed by atoms with E-state index in [9.17, 15) is 9.59 Å². The quantitative estimate of drug-likeness (QED) is 0.0309. The molecule has 0 heterocycles. The van der Waals surface area contributed by atoms with Crippen LogP contribution < -0.4 is 0 Å². The molecule has 0 aromatic carbocycles. The molecule has 256 valence electrons. The summed E-state index contributed by atoms with van der Waals surface area (Å²) in [5, 5.41) is -3.19. The van der Waals surface area contributed by atoms with Crippen LogP contribution >= 0.6 is 11.6 Å². The maximum absolute atomic E-state index is 12.3. The first kappa shape index (κ1) is 33.8. The van der Waals surface area contributed by atoms with E-state index in [1.165, 1.54) is 57.8 Å². The third kappa shape index (κ3) is 34.9. The molecule has 5 heteroatoms. The number of unbranched alkanes of at least 4 members (excludes halogenated alkanes) is 19. The van der Waals surface area contributed by atoms with Gasteiger partial charge in [0.05, 0.1) is 6.85 Å². The van der Waals surface area contributed by atoms with Gasteiger partial charge in [-0.3, -0.25) is 9.59 Å². The molecule has 0 aromatic rings. The van der Waals surface area contributed by atoms with Gasteiger partial charge in [0.25, 0.3) is 0 Å². The normalized spacial score (nSPS) is 15.6. The second-order valence-electron chi connectivity index (χ2n) is 11.8. The topological polar surface area (TPSA) is 52.6 Å². The van der Waals surface area contributed by atoms with Crippen LogP contribution in [0.15, 0.2) is 36.5 Å². The number of hydrogen-bond donors (Lipinski definition) is 0. The van der Waals surface area contributed by atoms with E-state index in [-0.39, 0.29) is 12.8 Å². The van der Waals surface area contributed by atoms with Crippen LogP contribution in [0.5, 0.6) is 0 Å². The molecule has 4 nitrogen and oxygen atoms in total. The standard InChI is InChI=1S/C39H69ClO4/c1-3-5-7-9-11-13-15-17-19-21-23-25-27-29-31-33-38(41)43-35-37(40)36-44-39(42)34-32-30-28-26-24-22-20-18-16-14-12-10-8-6-4-2/h11,13,17-20,37H,3-10,12,14-16,21-36H2,1-2H3/b13-11-,19-17-,20-18-/t37-/m0/s1/i35D2,36D2,37D. The van der Waals surface area contributed by atoms with Crippen LogP contribution in [-0.4, -0.2) is 30.4 Å². The van der Waals surface area contributed by atoms with Crippen LogP contribution in [0.4, 0.5) is 0 Å². The van der Waals surface area contributed by atoms with Crippen molar-refractivity contribution in [1.29, 1.82) is 0 Å². The van der Waals surface area contributed by atoms with E-state index in [1.54, 1.807) is 0 Å². The van der Waals surface area contributed by atoms with Crippen molar-refractivity contribution in [2.24, 2.45) is 0 Å². The van der Waals surface area contributed by atoms with Crippen LogP contribution in [0.25, 0.3) is 0 Å². The molecule has 0 spiro atoms. The van der Waals surface area contributed by atoms with E-state index in [2.05, 4.69) is 50.3 Å². The molecule has 0 aliphatic heterocycles. The number of alkyl halides is 1. The molecular weight excluding hydrogens is 568 g/mol. The lowest BCUT2D eigenvalue weighted by atomic mass is 10.1. The zero-order valence-corrected chi connectivity index (χ0v) is 29.1. The van der Waals surface area contributed by atoms with Gasteiger partial charge in [-0.2, -0.15) is 0 Å². The number of hydrogen-bond acceptors (Lipinski definition) is 4. The first-order chi connectivity index (χ1) is 23.4. The summed E-state index contributed by atoms with van der Waals surface area (Å²) in [6.45, 7) is -2.01. The number of rotatable bonds is 33. The molecular formula is C39H69ClO4. The first-order valence-electron chi connectivity index (χ1n) is 20.5. The van der Waals surface area contributed by atoms with Gasteiger partial charge in [-0.15, -0.1) is 11.6 Å². The Labute approximate surface area is 284 Å². The third-order valence-corrected chi connectivity index (χ3v) is 7.64. The molecule has 0 aliphatic carbocycles. The van der Waals surface area contributed by atoms with Crippen molar-refractivity contribution in [3.8, 4) is 0 Å². The van der Waals surface area contributed by atoms with Crippen LogP contribution in [0.3, 0.4) is 0 Å². The highest BCUT2D eigenvalue weighted by atomic mass is 35.5. The van der Waals surface area contributed by atoms with E-state index in [4.69, 9.17) is 27.9 Å². The lowest BCUT2D eigenvalue weighted by molar-refractivity contribution is -0.146. The minimum atomic E-state index is -3.23. The Bertz CT molecular complexity index is 921. The lowest BCUT2D eigenvalue weighted by Gasteiger charge is -2.11. The minimum absolute atomic E-state index is 0.0692. The average molecular weight is 642 g/mol. The SMILES string of the molecule is [2H]C([2H])(OC(=O)CCCCCCC/C=C\C/C=C\CCCCC)[C@]([2H])(Cl)C([2H])([2H])OC(=O)CCCCCCC/C=C\CCCCCCCC. The summed E-state index contributed by atoms with van der Waals surface area (Å²) >= 11 is 5.95. The zero-order valence-electron chi connectivity index (χ0n) is 33.4. The van der Waals surface area contributed by atoms with E-state index in [0.29, 0.717) is 12.8 Å². The maximum atomic E-state index is 12.3. The van der Waals surface area contributed by atoms with E-state index in [0.717, 1.165) is 83.5 Å². The van der Waals surface area contributed by atoms with Gasteiger partial charge in [-0.25, -0.2) is 0 Å². The Balaban J connectivity index is 4.13. The van der Waals surface area contributed by atoms with Crippen molar-refractivity contribution in [2.75, 3.05) is 13.1 Å². The van der Waals surface area contributed by atoms with E-state index >= 15 is 0 Å². The van der Waals surface area contributed by atoms with Gasteiger partial charge in [0.15, 0.2) is 0 Å². The molecule has 0 bridgehead atoms. The molecule has 0 radical (unpaired) electrons. The van der Waals surface area contributed by atoms with Crippen LogP contribution in [0.1, 0.15) is 188 Å². The maximum Gasteiger partial charge on any atom is 0.305 e. The fraction of sp³-hybridized carbons (Fsp3) is 0.795. The fourth-order valence-corrected chi connectivity index (χ4v) is 4.82. The molecule has 0 unspecified atom stereocenters. The summed E-state index contributed by atoms with van der Waals surface area (Å²) in [5.41, 5.74) is 0. The van der Waals surface area contributed by atoms with Crippen LogP contribution in [-0.2, 0) is 19.1 Å². The van der Waals surface area contributed by atoms with Gasteiger partial charge >= 0.3 is 11.9 Å². The van der Waals surface area contributed by atoms with Crippen molar-refractivity contribution in [1.82, 2.24) is 0 Å². The highest BCUT2D eigenvalue weighted by Gasteiger charge is 2.12. The van der Waals surface area contributed by atoms with Gasteiger partial charge in [0.2, 0.25) is 0 Å². The Kier molecular flexibility index (Phi) is 27.6. The predicted molar refractivity (Wildman–Crippen MR) is 190 cm³/mol. The largest absolute Gasteiger partial charge is 0.464 e. The summed E-state index contributed by atoms with van der Waals surface area (Å²) in [4.78, 5) is 24.6. The number of ether oxygens (including phenoxy) is 2. The Morgan fingerprint density at radius 3 is 1.30 bits per heavy atom. The highest BCUT2D eigenvalue weighted by Crippen LogP contribution is 2.12. The zero-order chi connectivity index (χ0) is 36.7. The van der Waals surface area contributed by atoms with Gasteiger partial charge in [-0.1, -0.05) is 134 Å². The monoisotopic (exact) mass is 642 g/mol. The Hall–Kier alpha value is -1.55. The van der Waals surface area contributed by atoms with Crippen molar-refractivity contribution < 1.29 is 25.9 Å². The molecule has 44 heavy (non-hydrogen) atoms. The second kappa shape index (κ2) is 35.9. The molecule has 0 saturated heterocycles. The van der Waals surface area contributed by atoms with E-state index in [1.807, 2.05) is 0 Å². The first-order valence-corrected chi connectivity index (χ1v) is 18.4. The van der Waals surface area contributed by atoms with E-state index < -0.39 is 30.4 Å². The van der Waals surface area contributed by atoms with Crippen molar-refractivity contribution in [3.05, 3.63) is 36.5 Å². The molecule has 0 fully saturated rings. The Morgan fingerprint density at radius 2 is 0.864 bits per heavy atom. The molecule has 0 rings (SSSR count). The number of esters is 2. The molecule has 0 N–H and O–H groups in total. The summed E-state index contributed by atoms with van der Waals surface area (Å²) in [6.07, 6.45) is 38.8. The number of carbonyl (C=O) groups is 2. The fourth-order valence-electron chi connectivity index (χ4n) is 4.75. The summed E-state index contributed by atoms with van der Waals surface area (Å²) in [7, 11) is 0. The number of allylic oxidation sites excluding steroid dienone is 6. The molecule has 0 amide bonds. The Morgan fingerprint density at radius 1 is 0.545 bits per heavy atom. The number of carbonyl (C=O) groups excluding carboxylic acids is 2. The summed E-state index contributed by atoms with van der Waals surface area (Å²) < 4.78 is 49.9. The number of halogens is 1. The summed E-state index contributed by atoms with van der Waals surface area (Å²) in [5.74, 6) is -1.82. The predicted octanol–water partition coefficient (Wildman–Crippen LogP) is 12.5. The average Bonchev–Trinajstić information content (AvgIpc) is 3.04. The van der Waals surface area contributed by atoms with Gasteiger partial charge in [0, 0.05) is 12.8 Å². The third-order valence-electron chi connectivity index (χ3n) is 7.48. The van der Waals surface area contributed by atoms with Crippen molar-refractivity contribution in [3.63, 3.8) is 0 Å². The van der Waals surface area contributed by atoms with Crippen molar-refractivity contribution in [2.45, 2.75) is 186 Å². The second-order valence-corrected chi connectivity index (χ2v) is 12.2. The smallest absolute Gasteiger partial charge is 0.305 e. The molecule has 0 aliphatic rings. The van der Waals surface area contributed by atoms with Gasteiger partial charge < -0.3 is 9.47 Å². The van der Waals surface area contributed by atoms with Gasteiger partial charge in [0.1, 0.15) is 18.5 Å². The highest BCUT2D eigenvalue weighted by molar-refractivity contribution is 6.21. The lowest BCUT2D eigenvalue weighted by Crippen LogP contribution is -2.21. The minimum Gasteiger partial charge on any atom is -0.464 e. The summed E-state index contributed by atoms with van der Waals surface area (Å²) in [6, 6.07) is 0. The molecule has 1 atom stereocenters. The molecule has 0 aromatic heterocycles. The van der Waals surface area contributed by atoms with Crippen molar-refractivity contribution >= 4 is 23.5 Å². The van der Waals surface area contributed by atoms with Crippen LogP contribution in [0.2, 0.25) is 0 Å². The van der Waals surface area contributed by atoms with Crippen LogP contribution in [0, 0.1) is 0 Å².